The van der Waals surface area contributed by atoms with Gasteiger partial charge in [-0.05, 0) is 25.0 Å². The summed E-state index contributed by atoms with van der Waals surface area (Å²) < 4.78 is 5.27. The number of nitrogens with one attached hydrogen (secondary N) is 1. The first kappa shape index (κ1) is 12.8. The Kier molecular flexibility index (Phi) is 4.55. The Morgan fingerprint density at radius 2 is 2.19 bits per heavy atom. The SMILES string of the molecule is CCC(C)C(C)NC(=O)c1ccc(CN)o1. The van der Waals surface area contributed by atoms with Crippen molar-refractivity contribution in [3.8, 4) is 0 Å². The van der Waals surface area contributed by atoms with Crippen LogP contribution < -0.4 is 11.1 Å². The Morgan fingerprint density at radius 3 is 2.69 bits per heavy atom. The number of carbonyl (C=O) groups is 1. The average molecular weight is 224 g/mol. The molecule has 0 bridgehead atoms. The smallest absolute Gasteiger partial charge is 0.287 e. The van der Waals surface area contributed by atoms with Crippen LogP contribution in [0.4, 0.5) is 0 Å². The summed E-state index contributed by atoms with van der Waals surface area (Å²) in [5, 5.41) is 2.91. The van der Waals surface area contributed by atoms with Crippen molar-refractivity contribution >= 4 is 5.91 Å². The van der Waals surface area contributed by atoms with E-state index in [9.17, 15) is 4.79 Å². The average Bonchev–Trinajstić information content (AvgIpc) is 2.76. The van der Waals surface area contributed by atoms with E-state index in [0.29, 0.717) is 24.0 Å². The number of carbonyl (C=O) groups excluding carboxylic acids is 1. The normalized spacial score (nSPS) is 14.5. The van der Waals surface area contributed by atoms with Crippen LogP contribution in [0, 0.1) is 5.92 Å². The standard InChI is InChI=1S/C12H20N2O2/c1-4-8(2)9(3)14-12(15)11-6-5-10(7-13)16-11/h5-6,8-9H,4,7,13H2,1-3H3,(H,14,15). The lowest BCUT2D eigenvalue weighted by atomic mass is 10.0. The molecule has 0 radical (unpaired) electrons. The molecule has 0 aliphatic rings. The van der Waals surface area contributed by atoms with Crippen LogP contribution in [0.5, 0.6) is 0 Å². The molecule has 0 spiro atoms. The molecule has 4 heteroatoms. The molecule has 2 atom stereocenters. The zero-order valence-electron chi connectivity index (χ0n) is 10.1. The Morgan fingerprint density at radius 1 is 1.50 bits per heavy atom. The molecule has 1 aromatic rings. The lowest BCUT2D eigenvalue weighted by molar-refractivity contribution is 0.0898. The number of hydrogen-bond acceptors (Lipinski definition) is 3. The quantitative estimate of drug-likeness (QED) is 0.802. The van der Waals surface area contributed by atoms with Gasteiger partial charge in [0.05, 0.1) is 6.54 Å². The van der Waals surface area contributed by atoms with Gasteiger partial charge in [0.15, 0.2) is 5.76 Å². The van der Waals surface area contributed by atoms with Gasteiger partial charge in [-0.3, -0.25) is 4.79 Å². The summed E-state index contributed by atoms with van der Waals surface area (Å²) in [7, 11) is 0. The highest BCUT2D eigenvalue weighted by molar-refractivity contribution is 5.91. The maximum absolute atomic E-state index is 11.8. The summed E-state index contributed by atoms with van der Waals surface area (Å²) in [5.41, 5.74) is 5.41. The second kappa shape index (κ2) is 5.70. The van der Waals surface area contributed by atoms with E-state index in [-0.39, 0.29) is 11.9 Å². The molecule has 16 heavy (non-hydrogen) atoms. The summed E-state index contributed by atoms with van der Waals surface area (Å²) in [6, 6.07) is 3.52. The third kappa shape index (κ3) is 3.10. The number of nitrogens with two attached hydrogens (primary N) is 1. The van der Waals surface area contributed by atoms with Crippen LogP contribution in [0.2, 0.25) is 0 Å². The lowest BCUT2D eigenvalue weighted by Gasteiger charge is -2.18. The molecule has 0 aliphatic heterocycles. The third-order valence-electron chi connectivity index (χ3n) is 2.94. The molecule has 1 amide bonds. The topological polar surface area (TPSA) is 68.3 Å². The van der Waals surface area contributed by atoms with Gasteiger partial charge in [0.25, 0.3) is 5.91 Å². The van der Waals surface area contributed by atoms with Crippen LogP contribution in [0.3, 0.4) is 0 Å². The first-order valence-electron chi connectivity index (χ1n) is 5.68. The van der Waals surface area contributed by atoms with E-state index < -0.39 is 0 Å². The fraction of sp³-hybridized carbons (Fsp3) is 0.583. The highest BCUT2D eigenvalue weighted by Crippen LogP contribution is 2.10. The molecule has 4 nitrogen and oxygen atoms in total. The Labute approximate surface area is 96.2 Å². The van der Waals surface area contributed by atoms with Crippen molar-refractivity contribution in [2.45, 2.75) is 39.8 Å². The summed E-state index contributed by atoms with van der Waals surface area (Å²) in [6.45, 7) is 6.53. The minimum atomic E-state index is -0.174. The van der Waals surface area contributed by atoms with Crippen LogP contribution in [-0.4, -0.2) is 11.9 Å². The summed E-state index contributed by atoms with van der Waals surface area (Å²) in [6.07, 6.45) is 1.04. The van der Waals surface area contributed by atoms with Crippen LogP contribution in [-0.2, 0) is 6.54 Å². The molecular weight excluding hydrogens is 204 g/mol. The van der Waals surface area contributed by atoms with E-state index in [1.165, 1.54) is 0 Å². The second-order valence-electron chi connectivity index (χ2n) is 4.12. The van der Waals surface area contributed by atoms with Crippen LogP contribution in [0.1, 0.15) is 43.5 Å². The van der Waals surface area contributed by atoms with Crippen molar-refractivity contribution in [3.05, 3.63) is 23.7 Å². The second-order valence-corrected chi connectivity index (χ2v) is 4.12. The predicted octanol–water partition coefficient (Wildman–Crippen LogP) is 1.90. The van der Waals surface area contributed by atoms with Crippen molar-refractivity contribution in [1.29, 1.82) is 0 Å². The number of furan rings is 1. The molecule has 0 aromatic carbocycles. The maximum atomic E-state index is 11.8. The van der Waals surface area contributed by atoms with E-state index in [1.807, 2.05) is 6.92 Å². The van der Waals surface area contributed by atoms with Gasteiger partial charge < -0.3 is 15.5 Å². The van der Waals surface area contributed by atoms with Crippen LogP contribution in [0.15, 0.2) is 16.5 Å². The molecule has 0 aliphatic carbocycles. The monoisotopic (exact) mass is 224 g/mol. The minimum absolute atomic E-state index is 0.143. The lowest BCUT2D eigenvalue weighted by Crippen LogP contribution is -2.36. The Hall–Kier alpha value is -1.29. The zero-order valence-corrected chi connectivity index (χ0v) is 10.1. The van der Waals surface area contributed by atoms with Crippen molar-refractivity contribution < 1.29 is 9.21 Å². The van der Waals surface area contributed by atoms with Gasteiger partial charge in [-0.15, -0.1) is 0 Å². The van der Waals surface area contributed by atoms with Gasteiger partial charge in [-0.2, -0.15) is 0 Å². The zero-order chi connectivity index (χ0) is 12.1. The molecule has 3 N–H and O–H groups in total. The molecule has 2 unspecified atom stereocenters. The summed E-state index contributed by atoms with van der Waals surface area (Å²) in [5.74, 6) is 1.23. The maximum Gasteiger partial charge on any atom is 0.287 e. The van der Waals surface area contributed by atoms with E-state index in [0.717, 1.165) is 6.42 Å². The van der Waals surface area contributed by atoms with Gasteiger partial charge in [0, 0.05) is 6.04 Å². The van der Waals surface area contributed by atoms with Crippen molar-refractivity contribution in [3.63, 3.8) is 0 Å². The van der Waals surface area contributed by atoms with Gasteiger partial charge in [0.1, 0.15) is 5.76 Å². The molecule has 90 valence electrons. The molecule has 1 rings (SSSR count). The number of amides is 1. The molecule has 0 saturated heterocycles. The van der Waals surface area contributed by atoms with E-state index in [1.54, 1.807) is 12.1 Å². The minimum Gasteiger partial charge on any atom is -0.455 e. The molecule has 0 saturated carbocycles. The Bertz CT molecular complexity index is 347. The van der Waals surface area contributed by atoms with Crippen LogP contribution in [0.25, 0.3) is 0 Å². The van der Waals surface area contributed by atoms with Gasteiger partial charge in [-0.1, -0.05) is 20.3 Å². The van der Waals surface area contributed by atoms with E-state index in [2.05, 4.69) is 19.2 Å². The highest BCUT2D eigenvalue weighted by atomic mass is 16.4. The fourth-order valence-electron chi connectivity index (χ4n) is 1.38. The summed E-state index contributed by atoms with van der Waals surface area (Å²) >= 11 is 0. The molecule has 1 aromatic heterocycles. The third-order valence-corrected chi connectivity index (χ3v) is 2.94. The summed E-state index contributed by atoms with van der Waals surface area (Å²) in [4.78, 5) is 11.8. The van der Waals surface area contributed by atoms with Crippen LogP contribution >= 0.6 is 0 Å². The van der Waals surface area contributed by atoms with E-state index >= 15 is 0 Å². The van der Waals surface area contributed by atoms with Gasteiger partial charge >= 0.3 is 0 Å². The predicted molar refractivity (Wildman–Crippen MR) is 63.0 cm³/mol. The van der Waals surface area contributed by atoms with Gasteiger partial charge in [0.2, 0.25) is 0 Å². The first-order chi connectivity index (χ1) is 7.58. The number of rotatable bonds is 5. The van der Waals surface area contributed by atoms with Crippen molar-refractivity contribution in [2.75, 3.05) is 0 Å². The largest absolute Gasteiger partial charge is 0.455 e. The fourth-order valence-corrected chi connectivity index (χ4v) is 1.38. The first-order valence-corrected chi connectivity index (χ1v) is 5.68. The Balaban J connectivity index is 2.58. The highest BCUT2D eigenvalue weighted by Gasteiger charge is 2.16. The van der Waals surface area contributed by atoms with Crippen molar-refractivity contribution in [2.24, 2.45) is 11.7 Å². The molecular formula is C12H20N2O2. The molecule has 1 heterocycles. The van der Waals surface area contributed by atoms with E-state index in [4.69, 9.17) is 10.2 Å². The van der Waals surface area contributed by atoms with Crippen molar-refractivity contribution in [1.82, 2.24) is 5.32 Å². The molecule has 0 fully saturated rings. The van der Waals surface area contributed by atoms with Gasteiger partial charge in [-0.25, -0.2) is 0 Å². The number of hydrogen-bond donors (Lipinski definition) is 2.